The Morgan fingerprint density at radius 1 is 1.08 bits per heavy atom. The molecule has 5 rings (SSSR count). The third-order valence-corrected chi connectivity index (χ3v) is 8.18. The number of halogens is 3. The summed E-state index contributed by atoms with van der Waals surface area (Å²) < 4.78 is 18.1. The highest BCUT2D eigenvalue weighted by molar-refractivity contribution is 9.10. The molecule has 0 spiro atoms. The SMILES string of the molecule is COc1ccc([N+](=O)[O-])c2c1N[C@H](c1cc(Br)c(OCc3ccc(Cl)c(Cl)c3)c(OC)c1)[C@H]1CC=C[C@@H]21. The molecule has 0 aromatic heterocycles. The normalized spacial score (nSPS) is 19.5. The predicted octanol–water partition coefficient (Wildman–Crippen LogP) is 8.09. The number of methoxy groups -OCH3 is 2. The van der Waals surface area contributed by atoms with Gasteiger partial charge >= 0.3 is 0 Å². The first-order valence-corrected chi connectivity index (χ1v) is 13.1. The van der Waals surface area contributed by atoms with E-state index in [-0.39, 0.29) is 35.1 Å². The first-order chi connectivity index (χ1) is 17.8. The van der Waals surface area contributed by atoms with Crippen LogP contribution in [0.4, 0.5) is 11.4 Å². The maximum absolute atomic E-state index is 11.8. The standard InChI is InChI=1S/C27H23BrCl2N2O5/c1-35-22-9-8-21(32(33)34)24-16-4-3-5-17(16)25(31-26(22)24)15-11-18(28)27(23(12-15)36-2)37-13-14-6-7-19(29)20(30)10-14/h3-4,6-12,16-17,25,31H,5,13H2,1-2H3/t16-,17+,25-/m1/s1. The zero-order valence-electron chi connectivity index (χ0n) is 20.0. The number of allylic oxidation sites excluding steroid dienone is 2. The molecule has 1 aliphatic heterocycles. The number of ether oxygens (including phenoxy) is 3. The van der Waals surface area contributed by atoms with Crippen LogP contribution in [0.25, 0.3) is 0 Å². The van der Waals surface area contributed by atoms with Gasteiger partial charge in [-0.1, -0.05) is 41.4 Å². The Morgan fingerprint density at radius 2 is 1.86 bits per heavy atom. The van der Waals surface area contributed by atoms with Gasteiger partial charge in [0.25, 0.3) is 5.69 Å². The van der Waals surface area contributed by atoms with Crippen molar-refractivity contribution in [2.45, 2.75) is 25.0 Å². The van der Waals surface area contributed by atoms with Gasteiger partial charge < -0.3 is 19.5 Å². The van der Waals surface area contributed by atoms with Gasteiger partial charge in [0, 0.05) is 12.0 Å². The van der Waals surface area contributed by atoms with Crippen molar-refractivity contribution in [1.82, 2.24) is 0 Å². The van der Waals surface area contributed by atoms with Crippen molar-refractivity contribution in [2.24, 2.45) is 5.92 Å². The number of fused-ring (bicyclic) bond motifs is 3. The Balaban J connectivity index is 1.50. The van der Waals surface area contributed by atoms with Crippen LogP contribution in [0, 0.1) is 16.0 Å². The van der Waals surface area contributed by atoms with Gasteiger partial charge in [-0.05, 0) is 69.7 Å². The van der Waals surface area contributed by atoms with E-state index in [2.05, 4.69) is 33.4 Å². The van der Waals surface area contributed by atoms with Gasteiger partial charge in [-0.3, -0.25) is 10.1 Å². The van der Waals surface area contributed by atoms with Crippen LogP contribution in [-0.2, 0) is 6.61 Å². The van der Waals surface area contributed by atoms with E-state index in [9.17, 15) is 10.1 Å². The first kappa shape index (κ1) is 25.7. The van der Waals surface area contributed by atoms with E-state index in [0.717, 1.165) is 22.0 Å². The van der Waals surface area contributed by atoms with Crippen LogP contribution >= 0.6 is 39.1 Å². The average molecular weight is 606 g/mol. The molecular formula is C27H23BrCl2N2O5. The summed E-state index contributed by atoms with van der Waals surface area (Å²) >= 11 is 15.8. The van der Waals surface area contributed by atoms with Gasteiger partial charge in [-0.15, -0.1) is 0 Å². The van der Waals surface area contributed by atoms with E-state index in [0.29, 0.717) is 38.5 Å². The van der Waals surface area contributed by atoms with E-state index in [1.54, 1.807) is 32.4 Å². The predicted molar refractivity (Wildman–Crippen MR) is 147 cm³/mol. The molecule has 10 heteroatoms. The van der Waals surface area contributed by atoms with Crippen LogP contribution in [0.3, 0.4) is 0 Å². The second kappa shape index (κ2) is 10.4. The fourth-order valence-electron chi connectivity index (χ4n) is 5.17. The Morgan fingerprint density at radius 3 is 2.57 bits per heavy atom. The summed E-state index contributed by atoms with van der Waals surface area (Å²) in [5, 5.41) is 16.3. The Hall–Kier alpha value is -2.94. The average Bonchev–Trinajstić information content (AvgIpc) is 3.38. The van der Waals surface area contributed by atoms with E-state index in [1.165, 1.54) is 6.07 Å². The Labute approximate surface area is 232 Å². The van der Waals surface area contributed by atoms with Crippen molar-refractivity contribution >= 4 is 50.5 Å². The lowest BCUT2D eigenvalue weighted by atomic mass is 9.76. The number of hydrogen-bond acceptors (Lipinski definition) is 6. The van der Waals surface area contributed by atoms with Gasteiger partial charge in [0.05, 0.1) is 51.0 Å². The molecule has 2 aliphatic rings. The van der Waals surface area contributed by atoms with E-state index in [4.69, 9.17) is 37.4 Å². The molecule has 3 aromatic carbocycles. The molecule has 0 saturated heterocycles. The van der Waals surface area contributed by atoms with Crippen LogP contribution in [0.1, 0.15) is 35.1 Å². The smallest absolute Gasteiger partial charge is 0.275 e. The topological polar surface area (TPSA) is 82.9 Å². The molecule has 0 unspecified atom stereocenters. The third-order valence-electron chi connectivity index (χ3n) is 6.85. The van der Waals surface area contributed by atoms with Crippen LogP contribution < -0.4 is 19.5 Å². The minimum absolute atomic E-state index is 0.0814. The molecule has 1 aliphatic carbocycles. The van der Waals surface area contributed by atoms with E-state index in [1.807, 2.05) is 18.2 Å². The largest absolute Gasteiger partial charge is 0.495 e. The maximum atomic E-state index is 11.8. The van der Waals surface area contributed by atoms with Crippen molar-refractivity contribution in [3.8, 4) is 17.2 Å². The highest BCUT2D eigenvalue weighted by atomic mass is 79.9. The van der Waals surface area contributed by atoms with Crippen molar-refractivity contribution in [3.05, 3.63) is 95.9 Å². The molecule has 0 bridgehead atoms. The fourth-order valence-corrected chi connectivity index (χ4v) is 6.06. The summed E-state index contributed by atoms with van der Waals surface area (Å²) in [6.45, 7) is 0.274. The molecule has 37 heavy (non-hydrogen) atoms. The third kappa shape index (κ3) is 4.74. The molecule has 192 valence electrons. The van der Waals surface area contributed by atoms with Crippen LogP contribution in [-0.4, -0.2) is 19.1 Å². The second-order valence-electron chi connectivity index (χ2n) is 8.88. The van der Waals surface area contributed by atoms with Crippen molar-refractivity contribution in [2.75, 3.05) is 19.5 Å². The lowest BCUT2D eigenvalue weighted by molar-refractivity contribution is -0.385. The van der Waals surface area contributed by atoms with Crippen molar-refractivity contribution in [3.63, 3.8) is 0 Å². The summed E-state index contributed by atoms with van der Waals surface area (Å²) in [6, 6.07) is 12.3. The molecule has 3 aromatic rings. The van der Waals surface area contributed by atoms with Crippen molar-refractivity contribution in [1.29, 1.82) is 0 Å². The molecule has 1 heterocycles. The minimum atomic E-state index is -0.330. The highest BCUT2D eigenvalue weighted by Gasteiger charge is 2.43. The molecule has 7 nitrogen and oxygen atoms in total. The molecule has 0 radical (unpaired) electrons. The molecule has 0 fully saturated rings. The maximum Gasteiger partial charge on any atom is 0.275 e. The van der Waals surface area contributed by atoms with Crippen LogP contribution in [0.2, 0.25) is 10.0 Å². The summed E-state index contributed by atoms with van der Waals surface area (Å²) in [4.78, 5) is 11.5. The first-order valence-electron chi connectivity index (χ1n) is 11.5. The number of nitrogens with zero attached hydrogens (tertiary/aromatic N) is 1. The number of nitrogens with one attached hydrogen (secondary N) is 1. The summed E-state index contributed by atoms with van der Waals surface area (Å²) in [5.41, 5.74) is 3.22. The highest BCUT2D eigenvalue weighted by Crippen LogP contribution is 2.55. The van der Waals surface area contributed by atoms with Crippen molar-refractivity contribution < 1.29 is 19.1 Å². The van der Waals surface area contributed by atoms with Crippen LogP contribution in [0.5, 0.6) is 17.2 Å². The zero-order chi connectivity index (χ0) is 26.3. The quantitative estimate of drug-likeness (QED) is 0.166. The molecular weight excluding hydrogens is 583 g/mol. The molecule has 3 atom stereocenters. The van der Waals surface area contributed by atoms with Gasteiger partial charge in [-0.2, -0.15) is 0 Å². The number of nitro benzene ring substituents is 1. The van der Waals surface area contributed by atoms with Gasteiger partial charge in [-0.25, -0.2) is 0 Å². The van der Waals surface area contributed by atoms with Gasteiger partial charge in [0.1, 0.15) is 12.4 Å². The van der Waals surface area contributed by atoms with E-state index >= 15 is 0 Å². The zero-order valence-corrected chi connectivity index (χ0v) is 23.1. The summed E-state index contributed by atoms with van der Waals surface area (Å²) in [7, 11) is 3.15. The second-order valence-corrected chi connectivity index (χ2v) is 10.5. The molecule has 0 amide bonds. The minimum Gasteiger partial charge on any atom is -0.495 e. The van der Waals surface area contributed by atoms with E-state index < -0.39 is 0 Å². The summed E-state index contributed by atoms with van der Waals surface area (Å²) in [6.07, 6.45) is 4.93. The lowest BCUT2D eigenvalue weighted by Gasteiger charge is -2.38. The lowest BCUT2D eigenvalue weighted by Crippen LogP contribution is -2.30. The van der Waals surface area contributed by atoms with Gasteiger partial charge in [0.2, 0.25) is 0 Å². The van der Waals surface area contributed by atoms with Crippen LogP contribution in [0.15, 0.2) is 59.1 Å². The number of rotatable bonds is 7. The Bertz CT molecular complexity index is 1410. The summed E-state index contributed by atoms with van der Waals surface area (Å²) in [5.74, 6) is 1.65. The van der Waals surface area contributed by atoms with Gasteiger partial charge in [0.15, 0.2) is 11.5 Å². The number of nitro groups is 1. The number of benzene rings is 3. The monoisotopic (exact) mass is 604 g/mol. The number of hydrogen-bond donors (Lipinski definition) is 1. The fraction of sp³-hybridized carbons (Fsp3) is 0.259. The number of anilines is 1. The molecule has 0 saturated carbocycles. The molecule has 1 N–H and O–H groups in total. The Kier molecular flexibility index (Phi) is 7.25.